The highest BCUT2D eigenvalue weighted by Crippen LogP contribution is 2.44. The quantitative estimate of drug-likeness (QED) is 0.118. The highest BCUT2D eigenvalue weighted by atomic mass is 19.3. The second kappa shape index (κ2) is 14.6. The number of hydrogen-bond acceptors (Lipinski definition) is 10. The van der Waals surface area contributed by atoms with Gasteiger partial charge in [-0.25, -0.2) is 23.7 Å². The third-order valence-electron chi connectivity index (χ3n) is 11.6. The van der Waals surface area contributed by atoms with Crippen molar-refractivity contribution >= 4 is 39.6 Å². The summed E-state index contributed by atoms with van der Waals surface area (Å²) in [7, 11) is 0. The smallest absolute Gasteiger partial charge is 0.307 e. The van der Waals surface area contributed by atoms with Crippen molar-refractivity contribution in [2.24, 2.45) is 5.92 Å². The molecular formula is C43H43F2N7O4. The lowest BCUT2D eigenvalue weighted by Crippen LogP contribution is -2.23. The number of carbonyl (C=O) groups is 1. The Balaban J connectivity index is 1.02. The second-order valence-electron chi connectivity index (χ2n) is 15.6. The Morgan fingerprint density at radius 3 is 2.38 bits per heavy atom. The van der Waals surface area contributed by atoms with Crippen LogP contribution in [0.2, 0.25) is 0 Å². The predicted octanol–water partition coefficient (Wildman–Crippen LogP) is 8.15. The summed E-state index contributed by atoms with van der Waals surface area (Å²) < 4.78 is 34.7. The molecule has 2 unspecified atom stereocenters. The number of oxazole rings is 1. The van der Waals surface area contributed by atoms with E-state index in [0.29, 0.717) is 67.6 Å². The molecule has 0 amide bonds. The van der Waals surface area contributed by atoms with Crippen LogP contribution in [0.5, 0.6) is 0 Å². The molecule has 3 N–H and O–H groups in total. The molecule has 3 aromatic heterocycles. The molecule has 11 nitrogen and oxygen atoms in total. The lowest BCUT2D eigenvalue weighted by molar-refractivity contribution is -0.141. The predicted molar refractivity (Wildman–Crippen MR) is 209 cm³/mol. The van der Waals surface area contributed by atoms with Crippen molar-refractivity contribution in [2.45, 2.75) is 71.1 Å². The topological polar surface area (TPSA) is 141 Å². The van der Waals surface area contributed by atoms with Crippen LogP contribution in [-0.4, -0.2) is 78.2 Å². The minimum atomic E-state index is -2.87. The molecule has 1 saturated carbocycles. The fraction of sp³-hybridized carbons (Fsp3) is 0.372. The zero-order chi connectivity index (χ0) is 38.7. The van der Waals surface area contributed by atoms with Gasteiger partial charge in [0.1, 0.15) is 11.0 Å². The van der Waals surface area contributed by atoms with E-state index < -0.39 is 18.2 Å². The van der Waals surface area contributed by atoms with Gasteiger partial charge in [0.2, 0.25) is 5.89 Å². The summed E-state index contributed by atoms with van der Waals surface area (Å²) in [6.45, 7) is 7.90. The van der Waals surface area contributed by atoms with Crippen molar-refractivity contribution in [1.82, 2.24) is 29.7 Å². The fourth-order valence-electron chi connectivity index (χ4n) is 8.39. The molecular weight excluding hydrogens is 717 g/mol. The van der Waals surface area contributed by atoms with E-state index in [2.05, 4.69) is 48.3 Å². The zero-order valence-corrected chi connectivity index (χ0v) is 31.3. The van der Waals surface area contributed by atoms with Crippen molar-refractivity contribution in [3.05, 3.63) is 94.4 Å². The van der Waals surface area contributed by atoms with Crippen molar-refractivity contribution in [2.75, 3.05) is 31.5 Å². The molecule has 9 rings (SSSR count). The maximum Gasteiger partial charge on any atom is 0.307 e. The highest BCUT2D eigenvalue weighted by molar-refractivity contribution is 5.89. The monoisotopic (exact) mass is 759 g/mol. The summed E-state index contributed by atoms with van der Waals surface area (Å²) in [6, 6.07) is 17.9. The number of rotatable bonds is 11. The molecule has 13 heteroatoms. The van der Waals surface area contributed by atoms with E-state index in [1.165, 1.54) is 11.1 Å². The normalized spacial score (nSPS) is 19.2. The number of anilines is 2. The summed E-state index contributed by atoms with van der Waals surface area (Å²) in [5.41, 5.74) is 10.8. The minimum absolute atomic E-state index is 0.196. The number of halogens is 2. The number of alkyl halides is 2. The van der Waals surface area contributed by atoms with E-state index in [1.54, 1.807) is 12.3 Å². The van der Waals surface area contributed by atoms with Crippen molar-refractivity contribution in [3.63, 3.8) is 0 Å². The molecule has 288 valence electrons. The fourth-order valence-corrected chi connectivity index (χ4v) is 8.39. The van der Waals surface area contributed by atoms with E-state index in [1.807, 2.05) is 44.2 Å². The van der Waals surface area contributed by atoms with E-state index in [9.17, 15) is 23.8 Å². The summed E-state index contributed by atoms with van der Waals surface area (Å²) >= 11 is 0. The molecule has 6 aromatic rings. The maximum absolute atomic E-state index is 14.1. The number of likely N-dealkylation sites (tertiary alicyclic amines) is 2. The minimum Gasteiger partial charge on any atom is -0.481 e. The highest BCUT2D eigenvalue weighted by Gasteiger charge is 2.32. The van der Waals surface area contributed by atoms with Gasteiger partial charge < -0.3 is 19.9 Å². The number of benzene rings is 3. The van der Waals surface area contributed by atoms with Gasteiger partial charge in [-0.3, -0.25) is 19.6 Å². The maximum atomic E-state index is 14.1. The van der Waals surface area contributed by atoms with Gasteiger partial charge in [-0.05, 0) is 121 Å². The first-order chi connectivity index (χ1) is 27.1. The summed E-state index contributed by atoms with van der Waals surface area (Å²) in [6.07, 6.45) is 2.12. The molecule has 2 aliphatic heterocycles. The summed E-state index contributed by atoms with van der Waals surface area (Å²) in [5.74, 6) is -0.424. The molecule has 56 heavy (non-hydrogen) atoms. The molecule has 2 saturated heterocycles. The Morgan fingerprint density at radius 1 is 0.893 bits per heavy atom. The second-order valence-corrected chi connectivity index (χ2v) is 15.6. The molecule has 1 aliphatic carbocycles. The molecule has 5 heterocycles. The Kier molecular flexibility index (Phi) is 9.46. The first-order valence-electron chi connectivity index (χ1n) is 19.3. The molecule has 3 aromatic carbocycles. The summed E-state index contributed by atoms with van der Waals surface area (Å²) in [5, 5.41) is 22.8. The third kappa shape index (κ3) is 7.10. The lowest BCUT2D eigenvalue weighted by atomic mass is 9.93. The molecule has 0 bridgehead atoms. The zero-order valence-electron chi connectivity index (χ0n) is 31.3. The Bertz CT molecular complexity index is 2490. The molecule has 0 spiro atoms. The number of aliphatic hydroxyl groups excluding tert-OH is 1. The van der Waals surface area contributed by atoms with Crippen LogP contribution in [0, 0.1) is 19.8 Å². The van der Waals surface area contributed by atoms with Crippen LogP contribution < -0.4 is 5.32 Å². The van der Waals surface area contributed by atoms with Crippen LogP contribution in [0.4, 0.5) is 20.3 Å². The number of aliphatic hydroxyl groups is 1. The number of aliphatic carboxylic acids is 1. The van der Waals surface area contributed by atoms with Crippen molar-refractivity contribution in [3.8, 4) is 22.6 Å². The van der Waals surface area contributed by atoms with Crippen molar-refractivity contribution < 1.29 is 28.2 Å². The van der Waals surface area contributed by atoms with Gasteiger partial charge in [0.15, 0.2) is 17.2 Å². The Labute approximate surface area is 322 Å². The average Bonchev–Trinajstić information content (AvgIpc) is 3.53. The van der Waals surface area contributed by atoms with Crippen LogP contribution in [0.3, 0.4) is 0 Å². The number of hydrogen-bond donors (Lipinski definition) is 3. The molecule has 3 aliphatic rings. The third-order valence-corrected chi connectivity index (χ3v) is 11.6. The number of aromatic nitrogens is 4. The van der Waals surface area contributed by atoms with E-state index >= 15 is 0 Å². The number of β-amino-alcohol motifs (C(OH)–C–C–N with tert-alkyl or cyclic N) is 1. The average molecular weight is 760 g/mol. The van der Waals surface area contributed by atoms with Gasteiger partial charge in [-0.1, -0.05) is 24.3 Å². The number of nitrogens with one attached hydrogen (secondary N) is 1. The Morgan fingerprint density at radius 2 is 1.64 bits per heavy atom. The number of nitrogens with zero attached hydrogens (tertiary/aromatic N) is 6. The largest absolute Gasteiger partial charge is 0.481 e. The number of carboxylic acid groups (broad SMARTS) is 1. The number of fused-ring (bicyclic) bond motifs is 2. The van der Waals surface area contributed by atoms with Crippen LogP contribution in [0.1, 0.15) is 71.7 Å². The molecule has 3 fully saturated rings. The van der Waals surface area contributed by atoms with Gasteiger partial charge in [0, 0.05) is 50.2 Å². The van der Waals surface area contributed by atoms with E-state index in [-0.39, 0.29) is 17.8 Å². The number of pyridine rings is 1. The standard InChI is InChI=1S/C43H43F2N7O4/c1-23-30(5-3-7-32(23)42-49-35-16-28(21-52-13-11-27(20-52)43(54)55)33(26-9-10-26)17-37(35)56-42)31-6-4-8-34(24(31)2)47-40-38-36(48-41(50-40)39(44)45)15-25(18-46-38)19-51-14-12-29(53)22-51/h3-8,15-18,26-27,29,39,53H,9-14,19-22H2,1-2H3,(H,54,55)(H,47,48,50). The first-order valence-corrected chi connectivity index (χ1v) is 19.3. The van der Waals surface area contributed by atoms with E-state index in [0.717, 1.165) is 70.4 Å². The van der Waals surface area contributed by atoms with Crippen LogP contribution >= 0.6 is 0 Å². The van der Waals surface area contributed by atoms with Crippen LogP contribution in [0.25, 0.3) is 44.7 Å². The van der Waals surface area contributed by atoms with Crippen LogP contribution in [0.15, 0.2) is 65.2 Å². The van der Waals surface area contributed by atoms with Gasteiger partial charge in [0.25, 0.3) is 6.43 Å². The molecule has 2 atom stereocenters. The van der Waals surface area contributed by atoms with Gasteiger partial charge in [0.05, 0.1) is 17.5 Å². The van der Waals surface area contributed by atoms with Gasteiger partial charge >= 0.3 is 5.97 Å². The lowest BCUT2D eigenvalue weighted by Gasteiger charge is -2.18. The Hall–Kier alpha value is -5.37. The van der Waals surface area contributed by atoms with Gasteiger partial charge in [-0.15, -0.1) is 0 Å². The van der Waals surface area contributed by atoms with E-state index in [4.69, 9.17) is 9.40 Å². The number of carboxylic acids is 1. The first kappa shape index (κ1) is 36.3. The molecule has 0 radical (unpaired) electrons. The van der Waals surface area contributed by atoms with Crippen molar-refractivity contribution in [1.29, 1.82) is 0 Å². The van der Waals surface area contributed by atoms with Crippen LogP contribution in [-0.2, 0) is 17.9 Å². The van der Waals surface area contributed by atoms with Gasteiger partial charge in [-0.2, -0.15) is 0 Å². The summed E-state index contributed by atoms with van der Waals surface area (Å²) in [4.78, 5) is 33.9. The SMILES string of the molecule is Cc1c(Nc2nc(C(F)F)nc3cc(CN4CCC(O)C4)cnc23)cccc1-c1cccc(-c2nc3cc(CN4CCC(C(=O)O)C4)c(C4CC4)cc3o2)c1C.